The Hall–Kier alpha value is -1.55. The summed E-state index contributed by atoms with van der Waals surface area (Å²) in [5.41, 5.74) is 7.05. The van der Waals surface area contributed by atoms with Crippen molar-refractivity contribution in [3.8, 4) is 0 Å². The molecule has 0 aromatic heterocycles. The van der Waals surface area contributed by atoms with Crippen LogP contribution in [0.2, 0.25) is 0 Å². The van der Waals surface area contributed by atoms with E-state index in [9.17, 15) is 4.79 Å². The van der Waals surface area contributed by atoms with E-state index in [1.807, 2.05) is 0 Å². The average Bonchev–Trinajstić information content (AvgIpc) is 2.46. The molecule has 1 atom stereocenters. The van der Waals surface area contributed by atoms with E-state index < -0.39 is 0 Å². The summed E-state index contributed by atoms with van der Waals surface area (Å²) in [5, 5.41) is 2.83. The number of nitrogens with one attached hydrogen (secondary N) is 1. The summed E-state index contributed by atoms with van der Waals surface area (Å²) in [6.07, 6.45) is 6.68. The minimum atomic E-state index is -0.0297. The first kappa shape index (κ1) is 17.5. The Bertz CT molecular complexity index is 404. The van der Waals surface area contributed by atoms with Crippen LogP contribution in [-0.4, -0.2) is 18.6 Å². The Morgan fingerprint density at radius 3 is 2.62 bits per heavy atom. The minimum absolute atomic E-state index is 0.0297. The van der Waals surface area contributed by atoms with Crippen molar-refractivity contribution in [1.29, 1.82) is 0 Å². The van der Waals surface area contributed by atoms with Gasteiger partial charge in [-0.15, -0.1) is 0 Å². The van der Waals surface area contributed by atoms with Gasteiger partial charge in [-0.1, -0.05) is 32.6 Å². The molecule has 1 amide bonds. The molecule has 1 unspecified atom stereocenters. The molecule has 0 fully saturated rings. The van der Waals surface area contributed by atoms with Crippen LogP contribution in [0.1, 0.15) is 52.4 Å². The van der Waals surface area contributed by atoms with Crippen LogP contribution < -0.4 is 11.1 Å². The number of hydrogen-bond acceptors (Lipinski definition) is 3. The van der Waals surface area contributed by atoms with Crippen molar-refractivity contribution in [3.63, 3.8) is 0 Å². The predicted octanol–water partition coefficient (Wildman–Crippen LogP) is 3.97. The summed E-state index contributed by atoms with van der Waals surface area (Å²) in [5.74, 6) is -0.0297. The monoisotopic (exact) mass is 292 g/mol. The molecular formula is C17H28N2O2. The van der Waals surface area contributed by atoms with Crippen LogP contribution in [-0.2, 0) is 9.53 Å². The van der Waals surface area contributed by atoms with Crippen LogP contribution in [0.25, 0.3) is 0 Å². The second-order valence-corrected chi connectivity index (χ2v) is 5.45. The molecule has 0 saturated carbocycles. The van der Waals surface area contributed by atoms with Crippen LogP contribution in [0.15, 0.2) is 24.3 Å². The van der Waals surface area contributed by atoms with Gasteiger partial charge in [-0.3, -0.25) is 4.79 Å². The number of rotatable bonds is 10. The molecule has 0 bridgehead atoms. The maximum Gasteiger partial charge on any atom is 0.226 e. The van der Waals surface area contributed by atoms with E-state index in [-0.39, 0.29) is 12.0 Å². The topological polar surface area (TPSA) is 64.3 Å². The number of unbranched alkanes of at least 4 members (excludes halogenated alkanes) is 3. The van der Waals surface area contributed by atoms with Crippen molar-refractivity contribution in [2.75, 3.05) is 17.7 Å². The van der Waals surface area contributed by atoms with Gasteiger partial charge in [0.15, 0.2) is 0 Å². The highest BCUT2D eigenvalue weighted by atomic mass is 16.5. The summed E-state index contributed by atoms with van der Waals surface area (Å²) in [4.78, 5) is 11.8. The lowest BCUT2D eigenvalue weighted by molar-refractivity contribution is -0.117. The van der Waals surface area contributed by atoms with E-state index in [0.717, 1.165) is 12.1 Å². The minimum Gasteiger partial charge on any atom is -0.399 e. The first-order chi connectivity index (χ1) is 10.1. The number of hydrogen-bond donors (Lipinski definition) is 2. The number of carbonyl (C=O) groups is 1. The predicted molar refractivity (Wildman–Crippen MR) is 88.3 cm³/mol. The molecule has 4 heteroatoms. The van der Waals surface area contributed by atoms with Crippen LogP contribution in [0, 0.1) is 0 Å². The SMILES string of the molecule is CCCCCCC(C)OCCC(=O)Nc1ccc(N)cc1. The lowest BCUT2D eigenvalue weighted by Crippen LogP contribution is -2.17. The van der Waals surface area contributed by atoms with Crippen molar-refractivity contribution in [2.45, 2.75) is 58.5 Å². The number of benzene rings is 1. The number of ether oxygens (including phenoxy) is 1. The Balaban J connectivity index is 2.11. The highest BCUT2D eigenvalue weighted by Gasteiger charge is 2.05. The molecule has 118 valence electrons. The number of amides is 1. The van der Waals surface area contributed by atoms with Crippen molar-refractivity contribution in [1.82, 2.24) is 0 Å². The van der Waals surface area contributed by atoms with Gasteiger partial charge in [-0.25, -0.2) is 0 Å². The summed E-state index contributed by atoms with van der Waals surface area (Å²) >= 11 is 0. The highest BCUT2D eigenvalue weighted by molar-refractivity contribution is 5.90. The molecule has 3 N–H and O–H groups in total. The number of anilines is 2. The van der Waals surface area contributed by atoms with E-state index in [2.05, 4.69) is 19.2 Å². The van der Waals surface area contributed by atoms with E-state index in [4.69, 9.17) is 10.5 Å². The van der Waals surface area contributed by atoms with Crippen LogP contribution in [0.3, 0.4) is 0 Å². The molecule has 0 heterocycles. The molecule has 0 aliphatic rings. The van der Waals surface area contributed by atoms with Gasteiger partial charge in [0.1, 0.15) is 0 Å². The van der Waals surface area contributed by atoms with Crippen molar-refractivity contribution in [2.24, 2.45) is 0 Å². The average molecular weight is 292 g/mol. The van der Waals surface area contributed by atoms with Gasteiger partial charge in [0.05, 0.1) is 19.1 Å². The second-order valence-electron chi connectivity index (χ2n) is 5.45. The standard InChI is InChI=1S/C17H28N2O2/c1-3-4-5-6-7-14(2)21-13-12-17(20)19-16-10-8-15(18)9-11-16/h8-11,14H,3-7,12-13,18H2,1-2H3,(H,19,20). The molecule has 1 aromatic carbocycles. The van der Waals surface area contributed by atoms with E-state index in [0.29, 0.717) is 18.7 Å². The third kappa shape index (κ3) is 8.35. The molecule has 0 spiro atoms. The zero-order valence-electron chi connectivity index (χ0n) is 13.2. The molecule has 0 radical (unpaired) electrons. The van der Waals surface area contributed by atoms with Crippen LogP contribution >= 0.6 is 0 Å². The maximum absolute atomic E-state index is 11.8. The quantitative estimate of drug-likeness (QED) is 0.506. The molecule has 4 nitrogen and oxygen atoms in total. The molecule has 21 heavy (non-hydrogen) atoms. The number of nitrogens with two attached hydrogens (primary N) is 1. The zero-order valence-corrected chi connectivity index (χ0v) is 13.2. The van der Waals surface area contributed by atoms with E-state index >= 15 is 0 Å². The maximum atomic E-state index is 11.8. The summed E-state index contributed by atoms with van der Waals surface area (Å²) in [7, 11) is 0. The Morgan fingerprint density at radius 1 is 1.24 bits per heavy atom. The van der Waals surface area contributed by atoms with E-state index in [1.165, 1.54) is 25.7 Å². The molecule has 0 aliphatic carbocycles. The summed E-state index contributed by atoms with van der Waals surface area (Å²) in [6, 6.07) is 7.13. The van der Waals surface area contributed by atoms with Gasteiger partial charge in [0.25, 0.3) is 0 Å². The Morgan fingerprint density at radius 2 is 1.95 bits per heavy atom. The number of carbonyl (C=O) groups excluding carboxylic acids is 1. The second kappa shape index (κ2) is 10.2. The number of nitrogen functional groups attached to an aromatic ring is 1. The van der Waals surface area contributed by atoms with Gasteiger partial charge in [0.2, 0.25) is 5.91 Å². The molecular weight excluding hydrogens is 264 g/mol. The largest absolute Gasteiger partial charge is 0.399 e. The third-order valence-electron chi connectivity index (χ3n) is 3.39. The van der Waals surface area contributed by atoms with Gasteiger partial charge in [-0.05, 0) is 37.6 Å². The third-order valence-corrected chi connectivity index (χ3v) is 3.39. The highest BCUT2D eigenvalue weighted by Crippen LogP contribution is 2.11. The van der Waals surface area contributed by atoms with E-state index in [1.54, 1.807) is 24.3 Å². The molecule has 0 aliphatic heterocycles. The Labute approximate surface area is 128 Å². The lowest BCUT2D eigenvalue weighted by atomic mass is 10.1. The zero-order chi connectivity index (χ0) is 15.5. The van der Waals surface area contributed by atoms with Crippen LogP contribution in [0.5, 0.6) is 0 Å². The van der Waals surface area contributed by atoms with Crippen LogP contribution in [0.4, 0.5) is 11.4 Å². The lowest BCUT2D eigenvalue weighted by Gasteiger charge is -2.13. The van der Waals surface area contributed by atoms with Gasteiger partial charge >= 0.3 is 0 Å². The van der Waals surface area contributed by atoms with Gasteiger partial charge in [0, 0.05) is 11.4 Å². The summed E-state index contributed by atoms with van der Waals surface area (Å²) in [6.45, 7) is 4.75. The fourth-order valence-corrected chi connectivity index (χ4v) is 2.08. The summed E-state index contributed by atoms with van der Waals surface area (Å²) < 4.78 is 5.67. The van der Waals surface area contributed by atoms with Crippen molar-refractivity contribution < 1.29 is 9.53 Å². The van der Waals surface area contributed by atoms with Gasteiger partial charge in [-0.2, -0.15) is 0 Å². The van der Waals surface area contributed by atoms with Crippen molar-refractivity contribution >= 4 is 17.3 Å². The first-order valence-corrected chi connectivity index (χ1v) is 7.88. The first-order valence-electron chi connectivity index (χ1n) is 7.88. The van der Waals surface area contributed by atoms with Crippen molar-refractivity contribution in [3.05, 3.63) is 24.3 Å². The van der Waals surface area contributed by atoms with Gasteiger partial charge < -0.3 is 15.8 Å². The Kier molecular flexibility index (Phi) is 8.51. The molecule has 1 rings (SSSR count). The normalized spacial score (nSPS) is 12.1. The molecule has 0 saturated heterocycles. The molecule has 1 aromatic rings. The fraction of sp³-hybridized carbons (Fsp3) is 0.588. The fourth-order valence-electron chi connectivity index (χ4n) is 2.08. The smallest absolute Gasteiger partial charge is 0.226 e.